The van der Waals surface area contributed by atoms with E-state index in [0.29, 0.717) is 38.8 Å². The van der Waals surface area contributed by atoms with E-state index in [2.05, 4.69) is 15.5 Å². The van der Waals surface area contributed by atoms with Gasteiger partial charge in [0, 0.05) is 38.3 Å². The minimum atomic E-state index is -0.331. The van der Waals surface area contributed by atoms with E-state index in [1.807, 2.05) is 4.90 Å². The number of carbonyl (C=O) groups excluding carboxylic acids is 2. The van der Waals surface area contributed by atoms with Crippen LogP contribution in [0.5, 0.6) is 0 Å². The number of nitrogens with one attached hydrogen (secondary N) is 2. The van der Waals surface area contributed by atoms with Gasteiger partial charge in [0.1, 0.15) is 5.69 Å². The third-order valence-electron chi connectivity index (χ3n) is 3.87. The van der Waals surface area contributed by atoms with Crippen LogP contribution in [0.1, 0.15) is 23.3 Å². The summed E-state index contributed by atoms with van der Waals surface area (Å²) in [5.41, 5.74) is -0.0948. The van der Waals surface area contributed by atoms with E-state index in [4.69, 9.17) is 0 Å². The number of aromatic nitrogens is 2. The van der Waals surface area contributed by atoms with Crippen LogP contribution in [0.4, 0.5) is 0 Å². The quantitative estimate of drug-likeness (QED) is 0.728. The number of hydrogen-bond acceptors (Lipinski definition) is 5. The molecule has 3 rings (SSSR count). The fourth-order valence-electron chi connectivity index (χ4n) is 2.44. The minimum Gasteiger partial charge on any atom is -0.352 e. The Morgan fingerprint density at radius 3 is 2.55 bits per heavy atom. The molecule has 1 aliphatic carbocycles. The monoisotopic (exact) mass is 305 g/mol. The van der Waals surface area contributed by atoms with Crippen molar-refractivity contribution in [1.29, 1.82) is 0 Å². The molecule has 0 spiro atoms. The van der Waals surface area contributed by atoms with Gasteiger partial charge in [-0.25, -0.2) is 5.10 Å². The molecule has 8 heteroatoms. The number of rotatable bonds is 4. The zero-order valence-electron chi connectivity index (χ0n) is 12.2. The van der Waals surface area contributed by atoms with Gasteiger partial charge in [-0.2, -0.15) is 5.10 Å². The first-order valence-corrected chi connectivity index (χ1v) is 7.48. The van der Waals surface area contributed by atoms with E-state index in [-0.39, 0.29) is 23.1 Å². The average molecular weight is 305 g/mol. The fraction of sp³-hybridized carbons (Fsp3) is 0.571. The van der Waals surface area contributed by atoms with Gasteiger partial charge < -0.3 is 10.2 Å². The molecular formula is C14H19N5O3. The molecule has 1 aromatic heterocycles. The van der Waals surface area contributed by atoms with Crippen LogP contribution in [-0.4, -0.2) is 70.6 Å². The molecule has 8 nitrogen and oxygen atoms in total. The molecule has 2 N–H and O–H groups in total. The van der Waals surface area contributed by atoms with Crippen molar-refractivity contribution in [3.8, 4) is 0 Å². The van der Waals surface area contributed by atoms with Gasteiger partial charge >= 0.3 is 0 Å². The molecule has 2 aliphatic rings. The second-order valence-electron chi connectivity index (χ2n) is 5.72. The number of hydrogen-bond donors (Lipinski definition) is 2. The lowest BCUT2D eigenvalue weighted by molar-refractivity contribution is -0.122. The first kappa shape index (κ1) is 14.7. The Kier molecular flexibility index (Phi) is 4.19. The third-order valence-corrected chi connectivity index (χ3v) is 3.87. The number of aromatic amines is 1. The Morgan fingerprint density at radius 1 is 1.23 bits per heavy atom. The normalized spacial score (nSPS) is 19.0. The molecule has 0 radical (unpaired) electrons. The van der Waals surface area contributed by atoms with Crippen LogP contribution in [0.2, 0.25) is 0 Å². The van der Waals surface area contributed by atoms with Crippen molar-refractivity contribution in [3.05, 3.63) is 28.2 Å². The predicted octanol–water partition coefficient (Wildman–Crippen LogP) is -1.19. The van der Waals surface area contributed by atoms with Gasteiger partial charge in [-0.3, -0.25) is 19.3 Å². The summed E-state index contributed by atoms with van der Waals surface area (Å²) in [6.07, 6.45) is 2.17. The molecule has 118 valence electrons. The predicted molar refractivity (Wildman–Crippen MR) is 78.4 cm³/mol. The van der Waals surface area contributed by atoms with Crippen molar-refractivity contribution in [3.63, 3.8) is 0 Å². The van der Waals surface area contributed by atoms with Crippen molar-refractivity contribution in [2.45, 2.75) is 18.9 Å². The molecule has 1 saturated carbocycles. The Labute approximate surface area is 127 Å². The summed E-state index contributed by atoms with van der Waals surface area (Å²) in [6, 6.07) is 3.09. The zero-order chi connectivity index (χ0) is 15.5. The Morgan fingerprint density at radius 2 is 1.95 bits per heavy atom. The number of H-pyrrole nitrogens is 1. The second kappa shape index (κ2) is 6.27. The lowest BCUT2D eigenvalue weighted by Crippen LogP contribution is -2.51. The van der Waals surface area contributed by atoms with Crippen molar-refractivity contribution in [2.24, 2.45) is 0 Å². The highest BCUT2D eigenvalue weighted by atomic mass is 16.2. The van der Waals surface area contributed by atoms with E-state index in [1.165, 1.54) is 12.1 Å². The van der Waals surface area contributed by atoms with E-state index >= 15 is 0 Å². The highest BCUT2D eigenvalue weighted by molar-refractivity contribution is 5.92. The first-order chi connectivity index (χ1) is 10.6. The molecule has 2 amide bonds. The summed E-state index contributed by atoms with van der Waals surface area (Å²) >= 11 is 0. The fourth-order valence-corrected chi connectivity index (χ4v) is 2.44. The van der Waals surface area contributed by atoms with Gasteiger partial charge in [-0.15, -0.1) is 0 Å². The summed E-state index contributed by atoms with van der Waals surface area (Å²) in [5.74, 6) is -0.136. The van der Waals surface area contributed by atoms with Crippen molar-refractivity contribution in [1.82, 2.24) is 25.3 Å². The summed E-state index contributed by atoms with van der Waals surface area (Å²) in [4.78, 5) is 38.7. The number of carbonyl (C=O) groups is 2. The zero-order valence-corrected chi connectivity index (χ0v) is 12.2. The van der Waals surface area contributed by atoms with Crippen molar-refractivity contribution in [2.75, 3.05) is 32.7 Å². The van der Waals surface area contributed by atoms with Crippen molar-refractivity contribution < 1.29 is 9.59 Å². The van der Waals surface area contributed by atoms with Crippen LogP contribution in [0, 0.1) is 0 Å². The molecule has 2 heterocycles. The molecule has 0 aromatic carbocycles. The number of nitrogens with zero attached hydrogens (tertiary/aromatic N) is 3. The molecule has 1 aliphatic heterocycles. The lowest BCUT2D eigenvalue weighted by atomic mass is 10.2. The molecule has 1 aromatic rings. The molecule has 0 atom stereocenters. The molecular weight excluding hydrogens is 286 g/mol. The van der Waals surface area contributed by atoms with Gasteiger partial charge in [0.15, 0.2) is 0 Å². The smallest absolute Gasteiger partial charge is 0.274 e. The van der Waals surface area contributed by atoms with Crippen LogP contribution in [0.15, 0.2) is 16.9 Å². The highest BCUT2D eigenvalue weighted by Gasteiger charge is 2.26. The van der Waals surface area contributed by atoms with Crippen LogP contribution in [-0.2, 0) is 4.79 Å². The Hall–Kier alpha value is -2.22. The van der Waals surface area contributed by atoms with Gasteiger partial charge in [-0.1, -0.05) is 0 Å². The van der Waals surface area contributed by atoms with E-state index in [1.54, 1.807) is 4.90 Å². The largest absolute Gasteiger partial charge is 0.352 e. The number of amides is 2. The van der Waals surface area contributed by atoms with Crippen molar-refractivity contribution >= 4 is 11.8 Å². The summed E-state index contributed by atoms with van der Waals surface area (Å²) in [5, 5.41) is 8.98. The molecule has 2 fully saturated rings. The highest BCUT2D eigenvalue weighted by Crippen LogP contribution is 2.18. The summed E-state index contributed by atoms with van der Waals surface area (Å²) < 4.78 is 0. The van der Waals surface area contributed by atoms with Gasteiger partial charge in [-0.05, 0) is 18.9 Å². The lowest BCUT2D eigenvalue weighted by Gasteiger charge is -2.34. The van der Waals surface area contributed by atoms with Crippen LogP contribution >= 0.6 is 0 Å². The maximum absolute atomic E-state index is 12.2. The minimum absolute atomic E-state index is 0.0598. The Balaban J connectivity index is 1.48. The van der Waals surface area contributed by atoms with Gasteiger partial charge in [0.05, 0.1) is 6.54 Å². The van der Waals surface area contributed by atoms with Gasteiger partial charge in [0.25, 0.3) is 11.5 Å². The van der Waals surface area contributed by atoms with Crippen LogP contribution in [0.3, 0.4) is 0 Å². The van der Waals surface area contributed by atoms with Gasteiger partial charge in [0.2, 0.25) is 5.91 Å². The molecule has 1 saturated heterocycles. The standard InChI is InChI=1S/C14H19N5O3/c20-12-4-3-11(16-17-12)14(22)19-7-5-18(6-8-19)9-13(21)15-10-1-2-10/h3-4,10H,1-2,5-9H2,(H,15,21)(H,17,20). The summed E-state index contributed by atoms with van der Waals surface area (Å²) in [7, 11) is 0. The molecule has 0 bridgehead atoms. The second-order valence-corrected chi connectivity index (χ2v) is 5.72. The average Bonchev–Trinajstić information content (AvgIpc) is 3.32. The van der Waals surface area contributed by atoms with E-state index < -0.39 is 0 Å². The topological polar surface area (TPSA) is 98.4 Å². The number of piperazine rings is 1. The van der Waals surface area contributed by atoms with Crippen LogP contribution in [0.25, 0.3) is 0 Å². The summed E-state index contributed by atoms with van der Waals surface area (Å²) in [6.45, 7) is 2.81. The van der Waals surface area contributed by atoms with E-state index in [0.717, 1.165) is 12.8 Å². The first-order valence-electron chi connectivity index (χ1n) is 7.48. The SMILES string of the molecule is O=C(CN1CCN(C(=O)c2ccc(=O)[nH]n2)CC1)NC1CC1. The van der Waals surface area contributed by atoms with Crippen LogP contribution < -0.4 is 10.9 Å². The third kappa shape index (κ3) is 3.70. The maximum Gasteiger partial charge on any atom is 0.274 e. The molecule has 22 heavy (non-hydrogen) atoms. The maximum atomic E-state index is 12.2. The van der Waals surface area contributed by atoms with E-state index in [9.17, 15) is 14.4 Å². The molecule has 0 unspecified atom stereocenters. The Bertz CT molecular complexity index is 597.